The fourth-order valence-corrected chi connectivity index (χ4v) is 2.54. The molecule has 1 heterocycles. The number of hydrogen-bond donors (Lipinski definition) is 2. The third kappa shape index (κ3) is 5.29. The minimum atomic E-state index is 0.0305. The number of carbonyl (C=O) groups excluding carboxylic acids is 1. The number of nitrogens with zero attached hydrogens (tertiary/aromatic N) is 2. The molecule has 0 spiro atoms. The zero-order chi connectivity index (χ0) is 15.8. The lowest BCUT2D eigenvalue weighted by Gasteiger charge is -2.34. The van der Waals surface area contributed by atoms with E-state index in [-0.39, 0.29) is 12.5 Å². The van der Waals surface area contributed by atoms with Gasteiger partial charge in [-0.1, -0.05) is 0 Å². The average Bonchev–Trinajstić information content (AvgIpc) is 2.55. The first-order valence-corrected chi connectivity index (χ1v) is 7.71. The normalized spacial score (nSPS) is 16.5. The van der Waals surface area contributed by atoms with E-state index in [2.05, 4.69) is 15.1 Å². The Morgan fingerprint density at radius 3 is 2.27 bits per heavy atom. The molecule has 0 atom stereocenters. The van der Waals surface area contributed by atoms with E-state index in [0.29, 0.717) is 6.42 Å². The molecule has 1 amide bonds. The van der Waals surface area contributed by atoms with Crippen LogP contribution in [0, 0.1) is 0 Å². The molecule has 2 N–H and O–H groups in total. The molecule has 1 saturated heterocycles. The van der Waals surface area contributed by atoms with E-state index in [0.717, 1.165) is 50.7 Å². The van der Waals surface area contributed by atoms with Gasteiger partial charge < -0.3 is 20.1 Å². The molecule has 0 radical (unpaired) electrons. The quantitative estimate of drug-likeness (QED) is 0.774. The van der Waals surface area contributed by atoms with Crippen molar-refractivity contribution in [3.63, 3.8) is 0 Å². The van der Waals surface area contributed by atoms with Crippen molar-refractivity contribution < 1.29 is 14.6 Å². The summed E-state index contributed by atoms with van der Waals surface area (Å²) in [6, 6.07) is 7.33. The smallest absolute Gasteiger partial charge is 0.225 e. The highest BCUT2D eigenvalue weighted by molar-refractivity contribution is 5.90. The summed E-state index contributed by atoms with van der Waals surface area (Å²) in [4.78, 5) is 16.5. The van der Waals surface area contributed by atoms with Crippen LogP contribution in [-0.4, -0.2) is 73.8 Å². The van der Waals surface area contributed by atoms with Gasteiger partial charge in [0.1, 0.15) is 5.75 Å². The second-order valence-electron chi connectivity index (χ2n) is 5.43. The van der Waals surface area contributed by atoms with Gasteiger partial charge in [0.2, 0.25) is 5.91 Å². The summed E-state index contributed by atoms with van der Waals surface area (Å²) in [5.74, 6) is 0.807. The first-order chi connectivity index (χ1) is 10.7. The number of amides is 1. The maximum atomic E-state index is 12.0. The van der Waals surface area contributed by atoms with Crippen LogP contribution < -0.4 is 10.1 Å². The lowest BCUT2D eigenvalue weighted by Crippen LogP contribution is -2.47. The number of methoxy groups -OCH3 is 1. The van der Waals surface area contributed by atoms with E-state index in [4.69, 9.17) is 9.84 Å². The van der Waals surface area contributed by atoms with Crippen molar-refractivity contribution in [3.8, 4) is 5.75 Å². The fourth-order valence-electron chi connectivity index (χ4n) is 2.54. The Bertz CT molecular complexity index is 456. The zero-order valence-electron chi connectivity index (χ0n) is 13.1. The molecule has 0 aliphatic carbocycles. The second-order valence-corrected chi connectivity index (χ2v) is 5.43. The number of ether oxygens (including phenoxy) is 1. The van der Waals surface area contributed by atoms with Crippen molar-refractivity contribution in [2.24, 2.45) is 0 Å². The largest absolute Gasteiger partial charge is 0.497 e. The molecule has 6 nitrogen and oxygen atoms in total. The fraction of sp³-hybridized carbons (Fsp3) is 0.562. The number of carbonyl (C=O) groups is 1. The second kappa shape index (κ2) is 8.73. The predicted molar refractivity (Wildman–Crippen MR) is 86.2 cm³/mol. The Labute approximate surface area is 131 Å². The molecule has 1 aromatic carbocycles. The molecule has 22 heavy (non-hydrogen) atoms. The van der Waals surface area contributed by atoms with Gasteiger partial charge >= 0.3 is 0 Å². The van der Waals surface area contributed by atoms with Gasteiger partial charge in [0.15, 0.2) is 0 Å². The third-order valence-corrected chi connectivity index (χ3v) is 3.91. The van der Waals surface area contributed by atoms with Crippen molar-refractivity contribution in [2.75, 3.05) is 58.3 Å². The number of aliphatic hydroxyl groups is 1. The Hall–Kier alpha value is -1.63. The van der Waals surface area contributed by atoms with Crippen molar-refractivity contribution in [1.82, 2.24) is 9.80 Å². The summed E-state index contributed by atoms with van der Waals surface area (Å²) in [7, 11) is 1.62. The Balaban J connectivity index is 1.67. The maximum Gasteiger partial charge on any atom is 0.225 e. The Morgan fingerprint density at radius 1 is 1.14 bits per heavy atom. The summed E-state index contributed by atoms with van der Waals surface area (Å²) in [6.07, 6.45) is 0.492. The molecule has 2 rings (SSSR count). The van der Waals surface area contributed by atoms with Crippen LogP contribution in [0.5, 0.6) is 5.75 Å². The zero-order valence-corrected chi connectivity index (χ0v) is 13.1. The highest BCUT2D eigenvalue weighted by atomic mass is 16.5. The summed E-state index contributed by atoms with van der Waals surface area (Å²) < 4.78 is 5.09. The summed E-state index contributed by atoms with van der Waals surface area (Å²) >= 11 is 0. The monoisotopic (exact) mass is 307 g/mol. The predicted octanol–water partition coefficient (Wildman–Crippen LogP) is 0.634. The molecule has 1 fully saturated rings. The van der Waals surface area contributed by atoms with Crippen molar-refractivity contribution in [3.05, 3.63) is 24.3 Å². The molecule has 1 aromatic rings. The van der Waals surface area contributed by atoms with Gasteiger partial charge in [0.25, 0.3) is 0 Å². The standard InChI is InChI=1S/C16H25N3O3/c1-22-15-4-2-14(3-5-15)17-16(21)6-7-18-8-10-19(11-9-18)12-13-20/h2-5,20H,6-13H2,1H3,(H,17,21). The van der Waals surface area contributed by atoms with Gasteiger partial charge in [-0.25, -0.2) is 0 Å². The number of hydrogen-bond acceptors (Lipinski definition) is 5. The highest BCUT2D eigenvalue weighted by Gasteiger charge is 2.16. The van der Waals surface area contributed by atoms with Crippen molar-refractivity contribution in [1.29, 1.82) is 0 Å². The first kappa shape index (κ1) is 16.7. The van der Waals surface area contributed by atoms with Crippen LogP contribution in [0.4, 0.5) is 5.69 Å². The minimum Gasteiger partial charge on any atom is -0.497 e. The molecule has 0 aromatic heterocycles. The van der Waals surface area contributed by atoms with Crippen LogP contribution in [-0.2, 0) is 4.79 Å². The van der Waals surface area contributed by atoms with E-state index in [1.165, 1.54) is 0 Å². The van der Waals surface area contributed by atoms with Gasteiger partial charge in [0.05, 0.1) is 13.7 Å². The number of rotatable bonds is 7. The molecule has 122 valence electrons. The number of anilines is 1. The van der Waals surface area contributed by atoms with Gasteiger partial charge in [-0.2, -0.15) is 0 Å². The lowest BCUT2D eigenvalue weighted by molar-refractivity contribution is -0.116. The molecule has 0 unspecified atom stereocenters. The van der Waals surface area contributed by atoms with Crippen LogP contribution in [0.25, 0.3) is 0 Å². The molecule has 1 aliphatic heterocycles. The molecule has 0 saturated carbocycles. The van der Waals surface area contributed by atoms with Crippen LogP contribution in [0.2, 0.25) is 0 Å². The summed E-state index contributed by atoms with van der Waals surface area (Å²) in [5.41, 5.74) is 0.790. The molecular formula is C16H25N3O3. The summed E-state index contributed by atoms with van der Waals surface area (Å²) in [5, 5.41) is 11.8. The number of β-amino-alcohol motifs (C(OH)–C–C–N with tert-alkyl or cyclic N) is 1. The Morgan fingerprint density at radius 2 is 1.73 bits per heavy atom. The van der Waals surface area contributed by atoms with Crippen molar-refractivity contribution >= 4 is 11.6 Å². The van der Waals surface area contributed by atoms with Crippen LogP contribution in [0.15, 0.2) is 24.3 Å². The highest BCUT2D eigenvalue weighted by Crippen LogP contribution is 2.15. The number of benzene rings is 1. The van der Waals surface area contributed by atoms with Crippen LogP contribution in [0.1, 0.15) is 6.42 Å². The van der Waals surface area contributed by atoms with E-state index >= 15 is 0 Å². The van der Waals surface area contributed by atoms with E-state index < -0.39 is 0 Å². The van der Waals surface area contributed by atoms with Crippen LogP contribution in [0.3, 0.4) is 0 Å². The van der Waals surface area contributed by atoms with Gasteiger partial charge in [-0.15, -0.1) is 0 Å². The SMILES string of the molecule is COc1ccc(NC(=O)CCN2CCN(CCO)CC2)cc1. The minimum absolute atomic E-state index is 0.0305. The van der Waals surface area contributed by atoms with Crippen LogP contribution >= 0.6 is 0 Å². The number of piperazine rings is 1. The molecule has 6 heteroatoms. The Kier molecular flexibility index (Phi) is 6.64. The van der Waals surface area contributed by atoms with Gasteiger partial charge in [-0.3, -0.25) is 9.69 Å². The maximum absolute atomic E-state index is 12.0. The topological polar surface area (TPSA) is 65.0 Å². The number of aliphatic hydroxyl groups excluding tert-OH is 1. The first-order valence-electron chi connectivity index (χ1n) is 7.71. The van der Waals surface area contributed by atoms with Gasteiger partial charge in [0, 0.05) is 51.4 Å². The van der Waals surface area contributed by atoms with Gasteiger partial charge in [-0.05, 0) is 24.3 Å². The average molecular weight is 307 g/mol. The van der Waals surface area contributed by atoms with E-state index in [1.54, 1.807) is 7.11 Å². The molecular weight excluding hydrogens is 282 g/mol. The van der Waals surface area contributed by atoms with Crippen molar-refractivity contribution in [2.45, 2.75) is 6.42 Å². The molecule has 1 aliphatic rings. The molecule has 0 bridgehead atoms. The van der Waals surface area contributed by atoms with E-state index in [9.17, 15) is 4.79 Å². The third-order valence-electron chi connectivity index (χ3n) is 3.91. The lowest BCUT2D eigenvalue weighted by atomic mass is 10.2. The number of nitrogens with one attached hydrogen (secondary N) is 1. The summed E-state index contributed by atoms with van der Waals surface area (Å²) in [6.45, 7) is 5.55. The van der Waals surface area contributed by atoms with E-state index in [1.807, 2.05) is 24.3 Å².